The van der Waals surface area contributed by atoms with Crippen molar-refractivity contribution in [2.75, 3.05) is 0 Å². The molecular weight excluding hydrogens is 326 g/mol. The van der Waals surface area contributed by atoms with Crippen molar-refractivity contribution >= 4 is 23.2 Å². The van der Waals surface area contributed by atoms with E-state index in [1.54, 1.807) is 35.6 Å². The second kappa shape index (κ2) is 7.97. The summed E-state index contributed by atoms with van der Waals surface area (Å²) in [5.74, 6) is -0.493. The Morgan fingerprint density at radius 3 is 2.71 bits per heavy atom. The summed E-state index contributed by atoms with van der Waals surface area (Å²) in [6.45, 7) is 4.09. The zero-order valence-corrected chi connectivity index (χ0v) is 14.6. The molecule has 1 amide bonds. The van der Waals surface area contributed by atoms with Crippen molar-refractivity contribution in [3.63, 3.8) is 0 Å². The number of carbonyl (C=O) groups excluding carboxylic acids is 1. The maximum Gasteiger partial charge on any atom is 0.303 e. The zero-order valence-electron chi connectivity index (χ0n) is 13.7. The second-order valence-corrected chi connectivity index (χ2v) is 7.16. The van der Waals surface area contributed by atoms with Gasteiger partial charge in [0.05, 0.1) is 0 Å². The van der Waals surface area contributed by atoms with Crippen LogP contribution in [-0.2, 0) is 11.4 Å². The van der Waals surface area contributed by atoms with Gasteiger partial charge in [-0.1, -0.05) is 12.1 Å². The molecule has 0 fully saturated rings. The van der Waals surface area contributed by atoms with Gasteiger partial charge in [0.25, 0.3) is 5.91 Å². The van der Waals surface area contributed by atoms with Gasteiger partial charge in [0.2, 0.25) is 0 Å². The van der Waals surface area contributed by atoms with Crippen molar-refractivity contribution in [2.45, 2.75) is 38.8 Å². The molecule has 0 aliphatic carbocycles. The third-order valence-electron chi connectivity index (χ3n) is 3.47. The number of aliphatic carboxylic acids is 1. The first kappa shape index (κ1) is 18.0. The quantitative estimate of drug-likeness (QED) is 0.763. The van der Waals surface area contributed by atoms with E-state index in [2.05, 4.69) is 5.32 Å². The topological polar surface area (TPSA) is 75.6 Å². The van der Waals surface area contributed by atoms with Gasteiger partial charge < -0.3 is 15.2 Å². The summed E-state index contributed by atoms with van der Waals surface area (Å²) in [6.07, 6.45) is 0.375. The first-order valence-corrected chi connectivity index (χ1v) is 8.53. The van der Waals surface area contributed by atoms with Crippen LogP contribution < -0.4 is 10.1 Å². The molecule has 2 N–H and O–H groups in total. The average Bonchev–Trinajstić information content (AvgIpc) is 3.04. The SMILES string of the molecule is CC(C)(CCC(=O)O)NC(=O)c1cccc(OCc2cccs2)c1. The molecule has 0 spiro atoms. The lowest BCUT2D eigenvalue weighted by Crippen LogP contribution is -2.43. The standard InChI is InChI=1S/C18H21NO4S/c1-18(2,9-8-16(20)21)19-17(22)13-5-3-6-14(11-13)23-12-15-7-4-10-24-15/h3-7,10-11H,8-9,12H2,1-2H3,(H,19,22)(H,20,21). The van der Waals surface area contributed by atoms with Gasteiger partial charge in [0.15, 0.2) is 0 Å². The van der Waals surface area contributed by atoms with Crippen LogP contribution in [0.15, 0.2) is 41.8 Å². The van der Waals surface area contributed by atoms with E-state index in [9.17, 15) is 9.59 Å². The van der Waals surface area contributed by atoms with Crippen LogP contribution in [0.1, 0.15) is 41.9 Å². The maximum absolute atomic E-state index is 12.4. The second-order valence-electron chi connectivity index (χ2n) is 6.13. The lowest BCUT2D eigenvalue weighted by atomic mass is 9.97. The van der Waals surface area contributed by atoms with E-state index in [1.165, 1.54) is 0 Å². The Labute approximate surface area is 145 Å². The van der Waals surface area contributed by atoms with Gasteiger partial charge in [-0.25, -0.2) is 0 Å². The minimum Gasteiger partial charge on any atom is -0.488 e. The van der Waals surface area contributed by atoms with Gasteiger partial charge in [0, 0.05) is 22.4 Å². The lowest BCUT2D eigenvalue weighted by molar-refractivity contribution is -0.137. The molecule has 1 aromatic heterocycles. The molecule has 6 heteroatoms. The van der Waals surface area contributed by atoms with Crippen LogP contribution in [-0.4, -0.2) is 22.5 Å². The van der Waals surface area contributed by atoms with Crippen molar-refractivity contribution in [1.29, 1.82) is 0 Å². The predicted octanol–water partition coefficient (Wildman–Crippen LogP) is 3.70. The minimum absolute atomic E-state index is 0.0112. The van der Waals surface area contributed by atoms with E-state index < -0.39 is 11.5 Å². The van der Waals surface area contributed by atoms with Crippen molar-refractivity contribution < 1.29 is 19.4 Å². The smallest absolute Gasteiger partial charge is 0.303 e. The van der Waals surface area contributed by atoms with Gasteiger partial charge in [-0.3, -0.25) is 9.59 Å². The first-order chi connectivity index (χ1) is 11.4. The highest BCUT2D eigenvalue weighted by Crippen LogP contribution is 2.18. The van der Waals surface area contributed by atoms with Gasteiger partial charge in [-0.05, 0) is 49.9 Å². The summed E-state index contributed by atoms with van der Waals surface area (Å²) in [7, 11) is 0. The third-order valence-corrected chi connectivity index (χ3v) is 4.32. The molecule has 2 rings (SSSR count). The zero-order chi connectivity index (χ0) is 17.6. The predicted molar refractivity (Wildman–Crippen MR) is 93.5 cm³/mol. The molecule has 0 atom stereocenters. The number of carboxylic acids is 1. The van der Waals surface area contributed by atoms with Crippen molar-refractivity contribution in [3.8, 4) is 5.75 Å². The molecule has 1 heterocycles. The number of nitrogens with one attached hydrogen (secondary N) is 1. The minimum atomic E-state index is -0.874. The Balaban J connectivity index is 1.96. The molecule has 1 aromatic carbocycles. The molecule has 24 heavy (non-hydrogen) atoms. The van der Waals surface area contributed by atoms with E-state index in [0.717, 1.165) is 4.88 Å². The van der Waals surface area contributed by atoms with Crippen LogP contribution in [0.5, 0.6) is 5.75 Å². The molecule has 0 aliphatic heterocycles. The Kier molecular flexibility index (Phi) is 5.98. The largest absolute Gasteiger partial charge is 0.488 e. The average molecular weight is 347 g/mol. The number of ether oxygens (including phenoxy) is 1. The summed E-state index contributed by atoms with van der Waals surface area (Å²) in [6, 6.07) is 10.9. The third kappa shape index (κ3) is 5.70. The molecule has 0 saturated carbocycles. The fourth-order valence-electron chi connectivity index (χ4n) is 2.14. The fraction of sp³-hybridized carbons (Fsp3) is 0.333. The normalized spacial score (nSPS) is 11.1. The highest BCUT2D eigenvalue weighted by Gasteiger charge is 2.22. The van der Waals surface area contributed by atoms with E-state index >= 15 is 0 Å². The van der Waals surface area contributed by atoms with E-state index in [1.807, 2.05) is 31.4 Å². The lowest BCUT2D eigenvalue weighted by Gasteiger charge is -2.25. The number of rotatable bonds is 8. The number of carboxylic acid groups (broad SMARTS) is 1. The van der Waals surface area contributed by atoms with Crippen molar-refractivity contribution in [2.24, 2.45) is 0 Å². The maximum atomic E-state index is 12.4. The fourth-order valence-corrected chi connectivity index (χ4v) is 2.75. The van der Waals surface area contributed by atoms with Crippen LogP contribution in [0.3, 0.4) is 0 Å². The van der Waals surface area contributed by atoms with Gasteiger partial charge in [-0.15, -0.1) is 11.3 Å². The summed E-state index contributed by atoms with van der Waals surface area (Å²) in [4.78, 5) is 24.2. The van der Waals surface area contributed by atoms with Gasteiger partial charge >= 0.3 is 5.97 Å². The number of benzene rings is 1. The Morgan fingerprint density at radius 1 is 1.25 bits per heavy atom. The van der Waals surface area contributed by atoms with Crippen LogP contribution >= 0.6 is 11.3 Å². The molecule has 0 bridgehead atoms. The molecule has 5 nitrogen and oxygen atoms in total. The summed E-state index contributed by atoms with van der Waals surface area (Å²) < 4.78 is 5.70. The Bertz CT molecular complexity index is 695. The summed E-state index contributed by atoms with van der Waals surface area (Å²) >= 11 is 1.62. The molecule has 128 valence electrons. The van der Waals surface area contributed by atoms with E-state index in [4.69, 9.17) is 9.84 Å². The van der Waals surface area contributed by atoms with Crippen molar-refractivity contribution in [3.05, 3.63) is 52.2 Å². The number of amides is 1. The highest BCUT2D eigenvalue weighted by molar-refractivity contribution is 7.09. The van der Waals surface area contributed by atoms with Gasteiger partial charge in [-0.2, -0.15) is 0 Å². The number of hydrogen-bond donors (Lipinski definition) is 2. The van der Waals surface area contributed by atoms with Gasteiger partial charge in [0.1, 0.15) is 12.4 Å². The van der Waals surface area contributed by atoms with E-state index in [0.29, 0.717) is 24.3 Å². The van der Waals surface area contributed by atoms with Crippen LogP contribution in [0.25, 0.3) is 0 Å². The summed E-state index contributed by atoms with van der Waals surface area (Å²) in [5.41, 5.74) is -0.106. The van der Waals surface area contributed by atoms with E-state index in [-0.39, 0.29) is 12.3 Å². The number of hydrogen-bond acceptors (Lipinski definition) is 4. The van der Waals surface area contributed by atoms with Crippen LogP contribution in [0, 0.1) is 0 Å². The Morgan fingerprint density at radius 2 is 2.04 bits per heavy atom. The molecule has 0 aliphatic rings. The summed E-state index contributed by atoms with van der Waals surface area (Å²) in [5, 5.41) is 13.6. The molecule has 0 saturated heterocycles. The monoisotopic (exact) mass is 347 g/mol. The van der Waals surface area contributed by atoms with Crippen LogP contribution in [0.4, 0.5) is 0 Å². The molecule has 0 unspecified atom stereocenters. The van der Waals surface area contributed by atoms with Crippen LogP contribution in [0.2, 0.25) is 0 Å². The van der Waals surface area contributed by atoms with Crippen molar-refractivity contribution in [1.82, 2.24) is 5.32 Å². The Hall–Kier alpha value is -2.34. The molecular formula is C18H21NO4S. The number of carbonyl (C=O) groups is 2. The number of thiophene rings is 1. The molecule has 2 aromatic rings. The highest BCUT2D eigenvalue weighted by atomic mass is 32.1. The molecule has 0 radical (unpaired) electrons. The first-order valence-electron chi connectivity index (χ1n) is 7.65.